The molecule has 3 atom stereocenters. The largest absolute Gasteiger partial charge is 0.375 e. The lowest BCUT2D eigenvalue weighted by atomic mass is 9.96. The zero-order valence-electron chi connectivity index (χ0n) is 14.2. The van der Waals surface area contributed by atoms with E-state index in [2.05, 4.69) is 10.6 Å². The monoisotopic (exact) mass is 347 g/mol. The first-order valence-corrected chi connectivity index (χ1v) is 8.52. The number of hydrogen-bond donors (Lipinski definition) is 2. The molecule has 0 aromatic carbocycles. The van der Waals surface area contributed by atoms with Gasteiger partial charge in [-0.15, -0.1) is 12.4 Å². The van der Waals surface area contributed by atoms with Crippen molar-refractivity contribution in [1.82, 2.24) is 15.5 Å². The molecule has 2 aliphatic rings. The maximum Gasteiger partial charge on any atom is 0.242 e. The van der Waals surface area contributed by atoms with Gasteiger partial charge in [0.25, 0.3) is 0 Å². The first kappa shape index (κ1) is 20.2. The standard InChI is InChI=1S/C16H29N3O3.ClH/c1-3-5-14(20)18-10-13-6-4-8-19(11-13)16(21)15-12(2)22-9-7-17-15;/h12-13,15,17H,3-11H2,1-2H3,(H,18,20);1H/t12-,13?,15+;/m1./s1. The summed E-state index contributed by atoms with van der Waals surface area (Å²) in [6, 6.07) is -0.234. The molecule has 0 spiro atoms. The Labute approximate surface area is 145 Å². The number of halogens is 1. The summed E-state index contributed by atoms with van der Waals surface area (Å²) in [5.41, 5.74) is 0. The predicted octanol–water partition coefficient (Wildman–Crippen LogP) is 0.940. The highest BCUT2D eigenvalue weighted by molar-refractivity contribution is 5.85. The van der Waals surface area contributed by atoms with Gasteiger partial charge in [0.15, 0.2) is 0 Å². The van der Waals surface area contributed by atoms with Crippen LogP contribution in [0, 0.1) is 5.92 Å². The van der Waals surface area contributed by atoms with Crippen molar-refractivity contribution in [1.29, 1.82) is 0 Å². The molecule has 0 aromatic heterocycles. The Morgan fingerprint density at radius 1 is 1.39 bits per heavy atom. The van der Waals surface area contributed by atoms with Crippen molar-refractivity contribution in [3.8, 4) is 0 Å². The smallest absolute Gasteiger partial charge is 0.242 e. The average Bonchev–Trinajstić information content (AvgIpc) is 2.53. The van der Waals surface area contributed by atoms with E-state index in [1.54, 1.807) is 0 Å². The van der Waals surface area contributed by atoms with Crippen LogP contribution in [-0.2, 0) is 14.3 Å². The molecule has 6 nitrogen and oxygen atoms in total. The van der Waals surface area contributed by atoms with Crippen molar-refractivity contribution in [3.63, 3.8) is 0 Å². The van der Waals surface area contributed by atoms with Crippen LogP contribution in [0.4, 0.5) is 0 Å². The van der Waals surface area contributed by atoms with Gasteiger partial charge in [0.2, 0.25) is 11.8 Å². The molecule has 0 radical (unpaired) electrons. The maximum atomic E-state index is 12.6. The highest BCUT2D eigenvalue weighted by atomic mass is 35.5. The van der Waals surface area contributed by atoms with E-state index in [0.717, 1.165) is 38.9 Å². The second-order valence-electron chi connectivity index (χ2n) is 6.35. The predicted molar refractivity (Wildman–Crippen MR) is 91.7 cm³/mol. The third-order valence-corrected chi connectivity index (χ3v) is 4.48. The van der Waals surface area contributed by atoms with Crippen LogP contribution in [0.3, 0.4) is 0 Å². The SMILES string of the molecule is CCCC(=O)NCC1CCCN(C(=O)[C@H]2NCCO[C@@H]2C)C1.Cl. The van der Waals surface area contributed by atoms with Crippen molar-refractivity contribution < 1.29 is 14.3 Å². The van der Waals surface area contributed by atoms with Gasteiger partial charge >= 0.3 is 0 Å². The number of nitrogens with one attached hydrogen (secondary N) is 2. The molecule has 2 rings (SSSR count). The third kappa shape index (κ3) is 5.94. The third-order valence-electron chi connectivity index (χ3n) is 4.48. The van der Waals surface area contributed by atoms with Crippen LogP contribution >= 0.6 is 12.4 Å². The van der Waals surface area contributed by atoms with Crippen molar-refractivity contribution in [2.45, 2.75) is 51.7 Å². The Balaban J connectivity index is 0.00000264. The van der Waals surface area contributed by atoms with Crippen LogP contribution in [0.25, 0.3) is 0 Å². The van der Waals surface area contributed by atoms with Crippen molar-refractivity contribution in [3.05, 3.63) is 0 Å². The number of hydrogen-bond acceptors (Lipinski definition) is 4. The molecule has 2 amide bonds. The van der Waals surface area contributed by atoms with Crippen molar-refractivity contribution in [2.75, 3.05) is 32.8 Å². The van der Waals surface area contributed by atoms with Gasteiger partial charge in [-0.1, -0.05) is 6.92 Å². The molecule has 0 bridgehead atoms. The zero-order valence-corrected chi connectivity index (χ0v) is 15.0. The lowest BCUT2D eigenvalue weighted by molar-refractivity contribution is -0.141. The van der Waals surface area contributed by atoms with Crippen LogP contribution < -0.4 is 10.6 Å². The summed E-state index contributed by atoms with van der Waals surface area (Å²) >= 11 is 0. The molecular weight excluding hydrogens is 318 g/mol. The summed E-state index contributed by atoms with van der Waals surface area (Å²) in [6.07, 6.45) is 3.44. The minimum Gasteiger partial charge on any atom is -0.375 e. The number of ether oxygens (including phenoxy) is 1. The summed E-state index contributed by atoms with van der Waals surface area (Å²) in [5.74, 6) is 0.608. The van der Waals surface area contributed by atoms with Crippen LogP contribution in [0.1, 0.15) is 39.5 Å². The topological polar surface area (TPSA) is 70.7 Å². The molecule has 0 aromatic rings. The van der Waals surface area contributed by atoms with Gasteiger partial charge in [-0.05, 0) is 32.1 Å². The highest BCUT2D eigenvalue weighted by Gasteiger charge is 2.34. The molecule has 2 saturated heterocycles. The van der Waals surface area contributed by atoms with E-state index in [9.17, 15) is 9.59 Å². The van der Waals surface area contributed by atoms with Gasteiger partial charge < -0.3 is 20.3 Å². The zero-order chi connectivity index (χ0) is 15.9. The first-order valence-electron chi connectivity index (χ1n) is 8.52. The molecule has 1 unspecified atom stereocenters. The van der Waals surface area contributed by atoms with Gasteiger partial charge in [-0.2, -0.15) is 0 Å². The molecule has 2 aliphatic heterocycles. The summed E-state index contributed by atoms with van der Waals surface area (Å²) < 4.78 is 5.57. The Morgan fingerprint density at radius 2 is 2.17 bits per heavy atom. The van der Waals surface area contributed by atoms with Gasteiger partial charge in [-0.3, -0.25) is 9.59 Å². The Hall–Kier alpha value is -0.850. The van der Waals surface area contributed by atoms with Crippen LogP contribution in [-0.4, -0.2) is 61.6 Å². The van der Waals surface area contributed by atoms with Crippen molar-refractivity contribution in [2.24, 2.45) is 5.92 Å². The van der Waals surface area contributed by atoms with Gasteiger partial charge in [0, 0.05) is 32.6 Å². The second kappa shape index (κ2) is 10.1. The molecule has 2 N–H and O–H groups in total. The van der Waals surface area contributed by atoms with Crippen molar-refractivity contribution >= 4 is 24.2 Å². The number of morpholine rings is 1. The van der Waals surface area contributed by atoms with E-state index >= 15 is 0 Å². The number of nitrogens with zero attached hydrogens (tertiary/aromatic N) is 1. The Kier molecular flexibility index (Phi) is 8.87. The molecule has 0 aliphatic carbocycles. The van der Waals surface area contributed by atoms with E-state index in [1.807, 2.05) is 18.7 Å². The van der Waals surface area contributed by atoms with Crippen LogP contribution in [0.2, 0.25) is 0 Å². The van der Waals surface area contributed by atoms with E-state index in [4.69, 9.17) is 4.74 Å². The molecule has 2 heterocycles. The number of piperidine rings is 1. The molecular formula is C16H30ClN3O3. The molecule has 23 heavy (non-hydrogen) atoms. The fourth-order valence-corrected chi connectivity index (χ4v) is 3.21. The van der Waals surface area contributed by atoms with Gasteiger partial charge in [0.05, 0.1) is 12.7 Å². The van der Waals surface area contributed by atoms with E-state index < -0.39 is 0 Å². The van der Waals surface area contributed by atoms with Crippen LogP contribution in [0.5, 0.6) is 0 Å². The minimum atomic E-state index is -0.234. The lowest BCUT2D eigenvalue weighted by Gasteiger charge is -2.38. The summed E-state index contributed by atoms with van der Waals surface area (Å²) in [5, 5.41) is 6.25. The summed E-state index contributed by atoms with van der Waals surface area (Å²) in [4.78, 5) is 26.2. The number of amides is 2. The Morgan fingerprint density at radius 3 is 2.87 bits per heavy atom. The maximum absolute atomic E-state index is 12.6. The molecule has 7 heteroatoms. The highest BCUT2D eigenvalue weighted by Crippen LogP contribution is 2.18. The van der Waals surface area contributed by atoms with Gasteiger partial charge in [0.1, 0.15) is 6.04 Å². The lowest BCUT2D eigenvalue weighted by Crippen LogP contribution is -2.58. The number of carbonyl (C=O) groups excluding carboxylic acids is 2. The Bertz CT molecular complexity index is 395. The first-order chi connectivity index (χ1) is 10.6. The van der Waals surface area contributed by atoms with E-state index in [-0.39, 0.29) is 36.4 Å². The second-order valence-corrected chi connectivity index (χ2v) is 6.35. The minimum absolute atomic E-state index is 0. The number of likely N-dealkylation sites (tertiary alicyclic amines) is 1. The van der Waals surface area contributed by atoms with Gasteiger partial charge in [-0.25, -0.2) is 0 Å². The molecule has 2 fully saturated rings. The molecule has 0 saturated carbocycles. The van der Waals surface area contributed by atoms with E-state index in [1.165, 1.54) is 0 Å². The van der Waals surface area contributed by atoms with Crippen LogP contribution in [0.15, 0.2) is 0 Å². The normalized spacial score (nSPS) is 27.9. The fourth-order valence-electron chi connectivity index (χ4n) is 3.21. The quantitative estimate of drug-likeness (QED) is 0.776. The number of carbonyl (C=O) groups is 2. The fraction of sp³-hybridized carbons (Fsp3) is 0.875. The number of rotatable bonds is 5. The molecule has 134 valence electrons. The summed E-state index contributed by atoms with van der Waals surface area (Å²) in [7, 11) is 0. The summed E-state index contributed by atoms with van der Waals surface area (Å²) in [6.45, 7) is 7.55. The average molecular weight is 348 g/mol. The van der Waals surface area contributed by atoms with E-state index in [0.29, 0.717) is 25.5 Å².